The number of ether oxygens (including phenoxy) is 1. The van der Waals surface area contributed by atoms with Crippen LogP contribution < -0.4 is 5.32 Å². The van der Waals surface area contributed by atoms with Gasteiger partial charge in [-0.3, -0.25) is 4.79 Å². The van der Waals surface area contributed by atoms with Crippen LogP contribution in [0.25, 0.3) is 6.08 Å². The van der Waals surface area contributed by atoms with Crippen molar-refractivity contribution in [2.24, 2.45) is 0 Å². The number of nitrogens with one attached hydrogen (secondary N) is 1. The Kier molecular flexibility index (Phi) is 5.87. The Balaban J connectivity index is 2.26. The summed E-state index contributed by atoms with van der Waals surface area (Å²) in [6, 6.07) is 9.10. The van der Waals surface area contributed by atoms with Gasteiger partial charge in [-0.05, 0) is 25.0 Å². The molecule has 1 aromatic carbocycles. The topological polar surface area (TPSA) is 68.3 Å². The van der Waals surface area contributed by atoms with E-state index in [0.717, 1.165) is 5.01 Å². The SMILES string of the molecule is CC[C@](NC(=O)/C=C/c1csc(C)n1)(C(=O)OC)c1ccccc1. The monoisotopic (exact) mass is 344 g/mol. The van der Waals surface area contributed by atoms with Crippen molar-refractivity contribution < 1.29 is 14.3 Å². The Morgan fingerprint density at radius 1 is 1.33 bits per heavy atom. The van der Waals surface area contributed by atoms with Gasteiger partial charge in [0.15, 0.2) is 5.54 Å². The standard InChI is InChI=1S/C18H20N2O3S/c1-4-18(17(22)23-3,14-8-6-5-7-9-14)20-16(21)11-10-15-12-24-13(2)19-15/h5-12H,4H2,1-3H3,(H,20,21)/b11-10+/t18-/m1/s1. The smallest absolute Gasteiger partial charge is 0.336 e. The predicted molar refractivity (Wildman–Crippen MR) is 94.5 cm³/mol. The zero-order chi connectivity index (χ0) is 17.6. The molecule has 1 amide bonds. The molecule has 0 aliphatic heterocycles. The minimum absolute atomic E-state index is 0.374. The average molecular weight is 344 g/mol. The zero-order valence-corrected chi connectivity index (χ0v) is 14.7. The predicted octanol–water partition coefficient (Wildman–Crippen LogP) is 3.06. The zero-order valence-electron chi connectivity index (χ0n) is 13.9. The van der Waals surface area contributed by atoms with Crippen LogP contribution in [-0.2, 0) is 19.9 Å². The molecule has 0 unspecified atom stereocenters. The number of esters is 1. The molecule has 5 nitrogen and oxygen atoms in total. The van der Waals surface area contributed by atoms with Gasteiger partial charge >= 0.3 is 5.97 Å². The second-order valence-electron chi connectivity index (χ2n) is 5.23. The molecule has 0 fully saturated rings. The number of carbonyl (C=O) groups excluding carboxylic acids is 2. The normalized spacial score (nSPS) is 13.5. The summed E-state index contributed by atoms with van der Waals surface area (Å²) < 4.78 is 4.94. The number of rotatable bonds is 6. The summed E-state index contributed by atoms with van der Waals surface area (Å²) in [6.45, 7) is 3.73. The fraction of sp³-hybridized carbons (Fsp3) is 0.278. The molecule has 0 saturated heterocycles. The number of nitrogens with zero attached hydrogens (tertiary/aromatic N) is 1. The van der Waals surface area contributed by atoms with Gasteiger partial charge in [0.25, 0.3) is 0 Å². The Hall–Kier alpha value is -2.47. The van der Waals surface area contributed by atoms with E-state index in [2.05, 4.69) is 10.3 Å². The molecular formula is C18H20N2O3S. The fourth-order valence-corrected chi connectivity index (χ4v) is 3.03. The van der Waals surface area contributed by atoms with E-state index in [9.17, 15) is 9.59 Å². The molecule has 0 radical (unpaired) electrons. The molecule has 0 aliphatic rings. The lowest BCUT2D eigenvalue weighted by Gasteiger charge is -2.31. The highest BCUT2D eigenvalue weighted by molar-refractivity contribution is 7.09. The molecule has 0 bridgehead atoms. The first-order chi connectivity index (χ1) is 11.5. The van der Waals surface area contributed by atoms with Crippen LogP contribution in [-0.4, -0.2) is 24.0 Å². The van der Waals surface area contributed by atoms with Crippen LogP contribution >= 0.6 is 11.3 Å². The number of aromatic nitrogens is 1. The van der Waals surface area contributed by atoms with Crippen LogP contribution in [0.1, 0.15) is 29.6 Å². The van der Waals surface area contributed by atoms with Gasteiger partial charge in [-0.2, -0.15) is 0 Å². The number of benzene rings is 1. The van der Waals surface area contributed by atoms with Crippen LogP contribution in [0.3, 0.4) is 0 Å². The third-order valence-electron chi connectivity index (χ3n) is 3.71. The molecule has 24 heavy (non-hydrogen) atoms. The number of hydrogen-bond acceptors (Lipinski definition) is 5. The van der Waals surface area contributed by atoms with Gasteiger partial charge in [0.1, 0.15) is 0 Å². The third-order valence-corrected chi connectivity index (χ3v) is 4.50. The van der Waals surface area contributed by atoms with E-state index < -0.39 is 11.5 Å². The number of thiazole rings is 1. The highest BCUT2D eigenvalue weighted by Gasteiger charge is 2.40. The second-order valence-corrected chi connectivity index (χ2v) is 6.29. The van der Waals surface area contributed by atoms with Gasteiger partial charge in [0.05, 0.1) is 17.8 Å². The molecule has 1 N–H and O–H groups in total. The van der Waals surface area contributed by atoms with Crippen molar-refractivity contribution in [1.82, 2.24) is 10.3 Å². The number of carbonyl (C=O) groups is 2. The van der Waals surface area contributed by atoms with Gasteiger partial charge in [-0.25, -0.2) is 9.78 Å². The van der Waals surface area contributed by atoms with Crippen LogP contribution in [0.4, 0.5) is 0 Å². The van der Waals surface area contributed by atoms with Crippen molar-refractivity contribution in [2.45, 2.75) is 25.8 Å². The van der Waals surface area contributed by atoms with E-state index >= 15 is 0 Å². The van der Waals surface area contributed by atoms with Crippen LogP contribution in [0.2, 0.25) is 0 Å². The first-order valence-corrected chi connectivity index (χ1v) is 8.46. The lowest BCUT2D eigenvalue weighted by atomic mass is 9.87. The summed E-state index contributed by atoms with van der Waals surface area (Å²) >= 11 is 1.51. The van der Waals surface area contributed by atoms with Gasteiger partial charge in [-0.15, -0.1) is 11.3 Å². The lowest BCUT2D eigenvalue weighted by Crippen LogP contribution is -2.51. The molecule has 1 atom stereocenters. The fourth-order valence-electron chi connectivity index (χ4n) is 2.44. The van der Waals surface area contributed by atoms with Gasteiger partial charge in [-0.1, -0.05) is 37.3 Å². The summed E-state index contributed by atoms with van der Waals surface area (Å²) in [7, 11) is 1.32. The second kappa shape index (κ2) is 7.88. The molecule has 0 saturated carbocycles. The van der Waals surface area contributed by atoms with Crippen LogP contribution in [0, 0.1) is 6.92 Å². The minimum Gasteiger partial charge on any atom is -0.467 e. The van der Waals surface area contributed by atoms with Crippen LogP contribution in [0.15, 0.2) is 41.8 Å². The maximum Gasteiger partial charge on any atom is 0.336 e. The first kappa shape index (κ1) is 17.9. The lowest BCUT2D eigenvalue weighted by molar-refractivity contribution is -0.151. The maximum absolute atomic E-state index is 12.4. The van der Waals surface area contributed by atoms with Crippen molar-refractivity contribution in [1.29, 1.82) is 0 Å². The molecule has 6 heteroatoms. The summed E-state index contributed by atoms with van der Waals surface area (Å²) in [5.41, 5.74) is 0.188. The van der Waals surface area contributed by atoms with E-state index in [-0.39, 0.29) is 5.91 Å². The van der Waals surface area contributed by atoms with Gasteiger partial charge in [0, 0.05) is 11.5 Å². The Morgan fingerprint density at radius 3 is 2.58 bits per heavy atom. The van der Waals surface area contributed by atoms with Crippen molar-refractivity contribution in [3.8, 4) is 0 Å². The van der Waals surface area contributed by atoms with Crippen molar-refractivity contribution in [3.05, 3.63) is 58.1 Å². The molecule has 2 aromatic rings. The number of methoxy groups -OCH3 is 1. The highest BCUT2D eigenvalue weighted by atomic mass is 32.1. The molecular weight excluding hydrogens is 324 g/mol. The highest BCUT2D eigenvalue weighted by Crippen LogP contribution is 2.26. The van der Waals surface area contributed by atoms with E-state index in [1.165, 1.54) is 24.5 Å². The summed E-state index contributed by atoms with van der Waals surface area (Å²) in [5.74, 6) is -0.876. The largest absolute Gasteiger partial charge is 0.467 e. The van der Waals surface area contributed by atoms with E-state index in [1.54, 1.807) is 18.2 Å². The Morgan fingerprint density at radius 2 is 2.04 bits per heavy atom. The molecule has 1 heterocycles. The number of amides is 1. The summed E-state index contributed by atoms with van der Waals surface area (Å²) in [6.07, 6.45) is 3.38. The van der Waals surface area contributed by atoms with Crippen LogP contribution in [0.5, 0.6) is 0 Å². The maximum atomic E-state index is 12.4. The average Bonchev–Trinajstić information content (AvgIpc) is 3.03. The summed E-state index contributed by atoms with van der Waals surface area (Å²) in [5, 5.41) is 5.59. The Bertz CT molecular complexity index is 740. The molecule has 1 aromatic heterocycles. The quantitative estimate of drug-likeness (QED) is 0.646. The molecule has 0 aliphatic carbocycles. The molecule has 0 spiro atoms. The molecule has 2 rings (SSSR count). The van der Waals surface area contributed by atoms with E-state index in [1.807, 2.05) is 37.4 Å². The van der Waals surface area contributed by atoms with Gasteiger partial charge < -0.3 is 10.1 Å². The van der Waals surface area contributed by atoms with Crippen molar-refractivity contribution in [3.63, 3.8) is 0 Å². The van der Waals surface area contributed by atoms with E-state index in [0.29, 0.717) is 17.7 Å². The minimum atomic E-state index is -1.21. The van der Waals surface area contributed by atoms with Crippen molar-refractivity contribution >= 4 is 29.3 Å². The first-order valence-electron chi connectivity index (χ1n) is 7.58. The molecule has 126 valence electrons. The van der Waals surface area contributed by atoms with E-state index in [4.69, 9.17) is 4.74 Å². The number of hydrogen-bond donors (Lipinski definition) is 1. The van der Waals surface area contributed by atoms with Crippen molar-refractivity contribution in [2.75, 3.05) is 7.11 Å². The Labute approximate surface area is 145 Å². The third kappa shape index (κ3) is 3.89. The summed E-state index contributed by atoms with van der Waals surface area (Å²) in [4.78, 5) is 29.0. The number of aryl methyl sites for hydroxylation is 1. The van der Waals surface area contributed by atoms with Gasteiger partial charge in [0.2, 0.25) is 5.91 Å².